The van der Waals surface area contributed by atoms with Crippen molar-refractivity contribution in [3.63, 3.8) is 0 Å². The molecule has 7 heteroatoms. The SMILES string of the molecule is Cc1nc(-c2ccc(Cl)c(F)c2)[nH]c(=O)c1C(=O)O. The monoisotopic (exact) mass is 282 g/mol. The Labute approximate surface area is 111 Å². The molecule has 2 aromatic rings. The van der Waals surface area contributed by atoms with Crippen LogP contribution in [-0.4, -0.2) is 21.0 Å². The summed E-state index contributed by atoms with van der Waals surface area (Å²) in [6.45, 7) is 1.40. The predicted molar refractivity (Wildman–Crippen MR) is 67.0 cm³/mol. The van der Waals surface area contributed by atoms with Crippen molar-refractivity contribution in [1.29, 1.82) is 0 Å². The molecule has 0 saturated heterocycles. The van der Waals surface area contributed by atoms with E-state index in [2.05, 4.69) is 9.97 Å². The summed E-state index contributed by atoms with van der Waals surface area (Å²) in [5.41, 5.74) is -0.857. The highest BCUT2D eigenvalue weighted by Gasteiger charge is 2.16. The molecular weight excluding hydrogens is 275 g/mol. The summed E-state index contributed by atoms with van der Waals surface area (Å²) in [6, 6.07) is 3.91. The van der Waals surface area contributed by atoms with Crippen LogP contribution in [0.4, 0.5) is 4.39 Å². The number of hydrogen-bond acceptors (Lipinski definition) is 3. The van der Waals surface area contributed by atoms with Crippen molar-refractivity contribution in [1.82, 2.24) is 9.97 Å². The van der Waals surface area contributed by atoms with E-state index in [4.69, 9.17) is 16.7 Å². The first kappa shape index (κ1) is 13.2. The Kier molecular flexibility index (Phi) is 3.35. The zero-order chi connectivity index (χ0) is 14.2. The lowest BCUT2D eigenvalue weighted by atomic mass is 10.2. The van der Waals surface area contributed by atoms with Gasteiger partial charge in [0.15, 0.2) is 0 Å². The first-order chi connectivity index (χ1) is 8.90. The molecular formula is C12H8ClFN2O3. The summed E-state index contributed by atoms with van der Waals surface area (Å²) >= 11 is 5.55. The molecule has 0 atom stereocenters. The van der Waals surface area contributed by atoms with E-state index in [1.165, 1.54) is 19.1 Å². The van der Waals surface area contributed by atoms with Gasteiger partial charge in [0, 0.05) is 5.56 Å². The summed E-state index contributed by atoms with van der Waals surface area (Å²) in [5, 5.41) is 8.80. The summed E-state index contributed by atoms with van der Waals surface area (Å²) in [5.74, 6) is -1.93. The smallest absolute Gasteiger partial charge is 0.343 e. The van der Waals surface area contributed by atoms with Crippen molar-refractivity contribution < 1.29 is 14.3 Å². The van der Waals surface area contributed by atoms with Crippen LogP contribution in [0.2, 0.25) is 5.02 Å². The Morgan fingerprint density at radius 3 is 2.68 bits per heavy atom. The van der Waals surface area contributed by atoms with Crippen LogP contribution >= 0.6 is 11.6 Å². The molecule has 5 nitrogen and oxygen atoms in total. The first-order valence-electron chi connectivity index (χ1n) is 5.20. The number of hydrogen-bond donors (Lipinski definition) is 2. The molecule has 2 N–H and O–H groups in total. The maximum absolute atomic E-state index is 13.3. The fourth-order valence-electron chi connectivity index (χ4n) is 1.62. The number of aryl methyl sites for hydroxylation is 1. The minimum atomic E-state index is -1.36. The highest BCUT2D eigenvalue weighted by atomic mass is 35.5. The van der Waals surface area contributed by atoms with Gasteiger partial charge in [-0.1, -0.05) is 11.6 Å². The first-order valence-corrected chi connectivity index (χ1v) is 5.57. The molecule has 0 unspecified atom stereocenters. The highest BCUT2D eigenvalue weighted by Crippen LogP contribution is 2.21. The van der Waals surface area contributed by atoms with E-state index in [1.807, 2.05) is 0 Å². The van der Waals surface area contributed by atoms with Gasteiger partial charge in [0.2, 0.25) is 0 Å². The number of H-pyrrole nitrogens is 1. The Balaban J connectivity index is 2.61. The molecule has 0 spiro atoms. The van der Waals surface area contributed by atoms with Crippen LogP contribution in [0.1, 0.15) is 16.1 Å². The summed E-state index contributed by atoms with van der Waals surface area (Å²) in [6.07, 6.45) is 0. The van der Waals surface area contributed by atoms with Crippen molar-refractivity contribution >= 4 is 17.6 Å². The maximum atomic E-state index is 13.3. The van der Waals surface area contributed by atoms with Gasteiger partial charge in [0.25, 0.3) is 5.56 Å². The zero-order valence-corrected chi connectivity index (χ0v) is 10.5. The minimum Gasteiger partial charge on any atom is -0.477 e. The fourth-order valence-corrected chi connectivity index (χ4v) is 1.74. The van der Waals surface area contributed by atoms with E-state index in [0.717, 1.165) is 6.07 Å². The Hall–Kier alpha value is -2.21. The molecule has 1 aromatic carbocycles. The molecule has 98 valence electrons. The van der Waals surface area contributed by atoms with Gasteiger partial charge >= 0.3 is 5.97 Å². The number of carbonyl (C=O) groups is 1. The van der Waals surface area contributed by atoms with E-state index in [0.29, 0.717) is 5.56 Å². The molecule has 2 rings (SSSR count). The Bertz CT molecular complexity index is 727. The minimum absolute atomic E-state index is 0.0509. The summed E-state index contributed by atoms with van der Waals surface area (Å²) in [4.78, 5) is 28.7. The lowest BCUT2D eigenvalue weighted by Gasteiger charge is -2.05. The highest BCUT2D eigenvalue weighted by molar-refractivity contribution is 6.30. The number of aromatic amines is 1. The number of aromatic nitrogens is 2. The lowest BCUT2D eigenvalue weighted by molar-refractivity contribution is 0.0693. The van der Waals surface area contributed by atoms with Gasteiger partial charge in [0.1, 0.15) is 17.2 Å². The Morgan fingerprint density at radius 2 is 2.16 bits per heavy atom. The van der Waals surface area contributed by atoms with Crippen LogP contribution in [0.25, 0.3) is 11.4 Å². The molecule has 19 heavy (non-hydrogen) atoms. The van der Waals surface area contributed by atoms with Gasteiger partial charge in [-0.25, -0.2) is 14.2 Å². The predicted octanol–water partition coefficient (Wildman–Crippen LogP) is 2.24. The number of nitrogens with zero attached hydrogens (tertiary/aromatic N) is 1. The Morgan fingerprint density at radius 1 is 1.47 bits per heavy atom. The van der Waals surface area contributed by atoms with E-state index in [-0.39, 0.29) is 16.5 Å². The van der Waals surface area contributed by atoms with Gasteiger partial charge in [-0.3, -0.25) is 4.79 Å². The normalized spacial score (nSPS) is 10.5. The number of rotatable bonds is 2. The van der Waals surface area contributed by atoms with Crippen molar-refractivity contribution in [3.05, 3.63) is 50.7 Å². The lowest BCUT2D eigenvalue weighted by Crippen LogP contribution is -2.21. The topological polar surface area (TPSA) is 83.0 Å². The average molecular weight is 283 g/mol. The number of nitrogens with one attached hydrogen (secondary N) is 1. The van der Waals surface area contributed by atoms with E-state index >= 15 is 0 Å². The quantitative estimate of drug-likeness (QED) is 0.885. The largest absolute Gasteiger partial charge is 0.477 e. The molecule has 0 fully saturated rings. The van der Waals surface area contributed by atoms with Gasteiger partial charge in [-0.15, -0.1) is 0 Å². The van der Waals surface area contributed by atoms with Crippen LogP contribution < -0.4 is 5.56 Å². The third-order valence-corrected chi connectivity index (χ3v) is 2.81. The van der Waals surface area contributed by atoms with Gasteiger partial charge in [-0.2, -0.15) is 0 Å². The number of aromatic carboxylic acids is 1. The third kappa shape index (κ3) is 2.48. The van der Waals surface area contributed by atoms with Crippen LogP contribution in [0.3, 0.4) is 0 Å². The average Bonchev–Trinajstić information content (AvgIpc) is 2.31. The molecule has 0 amide bonds. The van der Waals surface area contributed by atoms with Crippen molar-refractivity contribution in [2.45, 2.75) is 6.92 Å². The van der Waals surface area contributed by atoms with E-state index < -0.39 is 22.9 Å². The number of benzene rings is 1. The van der Waals surface area contributed by atoms with Crippen LogP contribution in [0.5, 0.6) is 0 Å². The molecule has 1 aromatic heterocycles. The van der Waals surface area contributed by atoms with Crippen LogP contribution in [0.15, 0.2) is 23.0 Å². The number of carboxylic acid groups (broad SMARTS) is 1. The van der Waals surface area contributed by atoms with Gasteiger partial charge in [0.05, 0.1) is 10.7 Å². The number of halogens is 2. The molecule has 0 bridgehead atoms. The van der Waals surface area contributed by atoms with Crippen molar-refractivity contribution in [2.75, 3.05) is 0 Å². The van der Waals surface area contributed by atoms with E-state index in [1.54, 1.807) is 0 Å². The second-order valence-electron chi connectivity index (χ2n) is 3.81. The van der Waals surface area contributed by atoms with Crippen LogP contribution in [-0.2, 0) is 0 Å². The number of carboxylic acids is 1. The summed E-state index contributed by atoms with van der Waals surface area (Å²) in [7, 11) is 0. The molecule has 0 aliphatic rings. The second kappa shape index (κ2) is 4.81. The van der Waals surface area contributed by atoms with Crippen molar-refractivity contribution in [2.24, 2.45) is 0 Å². The van der Waals surface area contributed by atoms with Crippen LogP contribution in [0, 0.1) is 12.7 Å². The van der Waals surface area contributed by atoms with Gasteiger partial charge in [-0.05, 0) is 25.1 Å². The summed E-state index contributed by atoms with van der Waals surface area (Å²) < 4.78 is 13.3. The zero-order valence-electron chi connectivity index (χ0n) is 9.70. The fraction of sp³-hybridized carbons (Fsp3) is 0.0833. The van der Waals surface area contributed by atoms with Crippen molar-refractivity contribution in [3.8, 4) is 11.4 Å². The van der Waals surface area contributed by atoms with Gasteiger partial charge < -0.3 is 10.1 Å². The third-order valence-electron chi connectivity index (χ3n) is 2.51. The molecule has 0 aliphatic carbocycles. The molecule has 1 heterocycles. The molecule has 0 aliphatic heterocycles. The second-order valence-corrected chi connectivity index (χ2v) is 4.22. The standard InChI is InChI=1S/C12H8ClFN2O3/c1-5-9(12(18)19)11(17)16-10(15-5)6-2-3-7(13)8(14)4-6/h2-4H,1H3,(H,18,19)(H,15,16,17). The maximum Gasteiger partial charge on any atom is 0.343 e. The molecule has 0 radical (unpaired) electrons. The molecule has 0 saturated carbocycles. The van der Waals surface area contributed by atoms with E-state index in [9.17, 15) is 14.0 Å².